The van der Waals surface area contributed by atoms with Gasteiger partial charge in [0.2, 0.25) is 0 Å². The molecule has 2 rings (SSSR count). The maximum Gasteiger partial charge on any atom is 0.306 e. The largest absolute Gasteiger partial charge is 0.481 e. The molecule has 5 nitrogen and oxygen atoms in total. The predicted molar refractivity (Wildman–Crippen MR) is 56.9 cm³/mol. The number of pyridine rings is 1. The zero-order valence-electron chi connectivity index (χ0n) is 8.85. The molecule has 1 saturated heterocycles. The molecule has 5 heteroatoms. The highest BCUT2D eigenvalue weighted by atomic mass is 16.5. The van der Waals surface area contributed by atoms with Crippen LogP contribution in [0.25, 0.3) is 0 Å². The molecule has 1 aliphatic rings. The Hall–Kier alpha value is -1.46. The fraction of sp³-hybridized carbons (Fsp3) is 0.455. The molecule has 0 spiro atoms. The highest BCUT2D eigenvalue weighted by molar-refractivity contribution is 5.68. The van der Waals surface area contributed by atoms with E-state index in [-0.39, 0.29) is 6.42 Å². The van der Waals surface area contributed by atoms with Crippen LogP contribution in [-0.4, -0.2) is 34.8 Å². The smallest absolute Gasteiger partial charge is 0.306 e. The molecule has 0 radical (unpaired) electrons. The minimum Gasteiger partial charge on any atom is -0.481 e. The van der Waals surface area contributed by atoms with Crippen LogP contribution in [0, 0.1) is 0 Å². The molecule has 0 amide bonds. The molecule has 1 aromatic heterocycles. The minimum absolute atomic E-state index is 0.0419. The van der Waals surface area contributed by atoms with Crippen LogP contribution in [0.4, 0.5) is 0 Å². The van der Waals surface area contributed by atoms with Crippen molar-refractivity contribution in [1.29, 1.82) is 0 Å². The Labute approximate surface area is 93.5 Å². The number of hydrogen-bond donors (Lipinski definition) is 2. The Kier molecular flexibility index (Phi) is 3.17. The number of nitrogens with zero attached hydrogens (tertiary/aromatic N) is 1. The van der Waals surface area contributed by atoms with Gasteiger partial charge in [-0.05, 0) is 11.6 Å². The molecule has 1 aromatic rings. The second-order valence-corrected chi connectivity index (χ2v) is 4.01. The van der Waals surface area contributed by atoms with E-state index in [2.05, 4.69) is 10.3 Å². The summed E-state index contributed by atoms with van der Waals surface area (Å²) in [4.78, 5) is 14.7. The highest BCUT2D eigenvalue weighted by Crippen LogP contribution is 2.22. The number of carboxylic acids is 1. The first-order valence-electron chi connectivity index (χ1n) is 5.16. The highest BCUT2D eigenvalue weighted by Gasteiger charge is 2.40. The van der Waals surface area contributed by atoms with Crippen molar-refractivity contribution < 1.29 is 14.6 Å². The third-order valence-electron chi connectivity index (χ3n) is 2.64. The lowest BCUT2D eigenvalue weighted by Crippen LogP contribution is -2.61. The van der Waals surface area contributed by atoms with Crippen LogP contribution < -0.4 is 5.32 Å². The van der Waals surface area contributed by atoms with Crippen molar-refractivity contribution in [3.8, 4) is 0 Å². The van der Waals surface area contributed by atoms with Gasteiger partial charge in [0.15, 0.2) is 0 Å². The summed E-state index contributed by atoms with van der Waals surface area (Å²) in [6.07, 6.45) is 3.46. The number of aliphatic carboxylic acids is 1. The normalized spacial score (nSPS) is 17.8. The topological polar surface area (TPSA) is 71.5 Å². The van der Waals surface area contributed by atoms with E-state index in [4.69, 9.17) is 9.84 Å². The second-order valence-electron chi connectivity index (χ2n) is 4.01. The molecule has 0 aliphatic carbocycles. The van der Waals surface area contributed by atoms with Crippen LogP contribution in [0.15, 0.2) is 24.5 Å². The molecular formula is C11H14N2O3. The Balaban J connectivity index is 1.90. The summed E-state index contributed by atoms with van der Waals surface area (Å²) in [7, 11) is 0. The molecule has 16 heavy (non-hydrogen) atoms. The van der Waals surface area contributed by atoms with Gasteiger partial charge in [-0.2, -0.15) is 0 Å². The number of hydrogen-bond acceptors (Lipinski definition) is 4. The van der Waals surface area contributed by atoms with Gasteiger partial charge in [0.1, 0.15) is 5.60 Å². The third-order valence-corrected chi connectivity index (χ3v) is 2.64. The first-order chi connectivity index (χ1) is 7.70. The van der Waals surface area contributed by atoms with Crippen LogP contribution in [0.1, 0.15) is 12.0 Å². The van der Waals surface area contributed by atoms with Gasteiger partial charge in [0.05, 0.1) is 13.0 Å². The Bertz CT molecular complexity index is 363. The second kappa shape index (κ2) is 4.59. The molecule has 86 valence electrons. The van der Waals surface area contributed by atoms with Gasteiger partial charge in [0.25, 0.3) is 0 Å². The molecule has 1 fully saturated rings. The summed E-state index contributed by atoms with van der Waals surface area (Å²) in [6.45, 7) is 1.60. The monoisotopic (exact) mass is 222 g/mol. The molecular weight excluding hydrogens is 208 g/mol. The molecule has 0 bridgehead atoms. The van der Waals surface area contributed by atoms with E-state index >= 15 is 0 Å². The average molecular weight is 222 g/mol. The van der Waals surface area contributed by atoms with E-state index in [0.29, 0.717) is 19.7 Å². The molecule has 1 aliphatic heterocycles. The fourth-order valence-electron chi connectivity index (χ4n) is 1.68. The van der Waals surface area contributed by atoms with Crippen molar-refractivity contribution in [2.75, 3.05) is 13.1 Å². The molecule has 0 unspecified atom stereocenters. The summed E-state index contributed by atoms with van der Waals surface area (Å²) in [5.74, 6) is -0.826. The Morgan fingerprint density at radius 1 is 1.62 bits per heavy atom. The molecule has 0 atom stereocenters. The van der Waals surface area contributed by atoms with Gasteiger partial charge in [-0.15, -0.1) is 0 Å². The van der Waals surface area contributed by atoms with Crippen LogP contribution in [0.3, 0.4) is 0 Å². The van der Waals surface area contributed by atoms with Crippen molar-refractivity contribution in [3.05, 3.63) is 30.1 Å². The summed E-state index contributed by atoms with van der Waals surface area (Å²) >= 11 is 0. The third kappa shape index (κ3) is 2.56. The summed E-state index contributed by atoms with van der Waals surface area (Å²) in [5, 5.41) is 11.8. The zero-order valence-corrected chi connectivity index (χ0v) is 8.85. The first kappa shape index (κ1) is 11.0. The minimum atomic E-state index is -0.826. The summed E-state index contributed by atoms with van der Waals surface area (Å²) in [5.41, 5.74) is 0.418. The van der Waals surface area contributed by atoms with E-state index in [1.54, 1.807) is 12.4 Å². The quantitative estimate of drug-likeness (QED) is 0.755. The predicted octanol–water partition coefficient (Wildman–Crippen LogP) is 0.415. The van der Waals surface area contributed by atoms with Crippen molar-refractivity contribution >= 4 is 5.97 Å². The summed E-state index contributed by atoms with van der Waals surface area (Å²) < 4.78 is 5.68. The number of nitrogens with one attached hydrogen (secondary N) is 1. The van der Waals surface area contributed by atoms with Crippen molar-refractivity contribution in [1.82, 2.24) is 10.3 Å². The maximum absolute atomic E-state index is 10.7. The molecule has 2 N–H and O–H groups in total. The van der Waals surface area contributed by atoms with Crippen LogP contribution >= 0.6 is 0 Å². The van der Waals surface area contributed by atoms with Crippen LogP contribution in [-0.2, 0) is 16.1 Å². The number of ether oxygens (including phenoxy) is 1. The number of carboxylic acid groups (broad SMARTS) is 1. The van der Waals surface area contributed by atoms with E-state index in [1.807, 2.05) is 12.1 Å². The van der Waals surface area contributed by atoms with Gasteiger partial charge >= 0.3 is 5.97 Å². The van der Waals surface area contributed by atoms with Crippen molar-refractivity contribution in [2.45, 2.75) is 18.6 Å². The van der Waals surface area contributed by atoms with Gasteiger partial charge < -0.3 is 15.2 Å². The molecule has 2 heterocycles. The SMILES string of the molecule is O=C(O)CC1(OCc2cccnc2)CNC1. The lowest BCUT2D eigenvalue weighted by atomic mass is 9.92. The van der Waals surface area contributed by atoms with Gasteiger partial charge in [-0.25, -0.2) is 0 Å². The fourth-order valence-corrected chi connectivity index (χ4v) is 1.68. The molecule has 0 saturated carbocycles. The average Bonchev–Trinajstić information content (AvgIpc) is 2.23. The Morgan fingerprint density at radius 3 is 2.94 bits per heavy atom. The lowest BCUT2D eigenvalue weighted by molar-refractivity contribution is -0.152. The number of aromatic nitrogens is 1. The first-order valence-corrected chi connectivity index (χ1v) is 5.16. The number of rotatable bonds is 5. The lowest BCUT2D eigenvalue weighted by Gasteiger charge is -2.41. The van der Waals surface area contributed by atoms with E-state index in [0.717, 1.165) is 5.56 Å². The van der Waals surface area contributed by atoms with Gasteiger partial charge in [0, 0.05) is 25.5 Å². The van der Waals surface area contributed by atoms with Gasteiger partial charge in [-0.1, -0.05) is 6.07 Å². The zero-order chi connectivity index (χ0) is 11.4. The van der Waals surface area contributed by atoms with Crippen molar-refractivity contribution in [2.24, 2.45) is 0 Å². The molecule has 0 aromatic carbocycles. The van der Waals surface area contributed by atoms with E-state index in [9.17, 15) is 4.79 Å². The van der Waals surface area contributed by atoms with E-state index < -0.39 is 11.6 Å². The number of carbonyl (C=O) groups is 1. The standard InChI is InChI=1S/C11H14N2O3/c14-10(15)4-11(7-13-8-11)16-6-9-2-1-3-12-5-9/h1-3,5,13H,4,6-8H2,(H,14,15). The maximum atomic E-state index is 10.7. The van der Waals surface area contributed by atoms with E-state index in [1.165, 1.54) is 0 Å². The summed E-state index contributed by atoms with van der Waals surface area (Å²) in [6, 6.07) is 3.75. The Morgan fingerprint density at radius 2 is 2.44 bits per heavy atom. The van der Waals surface area contributed by atoms with Gasteiger partial charge in [-0.3, -0.25) is 9.78 Å². The van der Waals surface area contributed by atoms with Crippen molar-refractivity contribution in [3.63, 3.8) is 0 Å². The van der Waals surface area contributed by atoms with Crippen LogP contribution in [0.5, 0.6) is 0 Å². The van der Waals surface area contributed by atoms with Crippen LogP contribution in [0.2, 0.25) is 0 Å².